The first-order valence-corrected chi connectivity index (χ1v) is 10.9. The standard InChI is InChI=1S/C23H19IN4O/c24-17-4-2-1-3-15(17)20-16-7-14(23-8-13(9-23)10-23)5-6-18(16)28-12-27-21(22(25)29)19(28)11-26-20/h1-7,12-13H,8-11H2,(H2,25,29). The van der Waals surface area contributed by atoms with Gasteiger partial charge in [-0.2, -0.15) is 0 Å². The van der Waals surface area contributed by atoms with Crippen LogP contribution >= 0.6 is 22.6 Å². The number of hydrogen-bond acceptors (Lipinski definition) is 3. The number of carbonyl (C=O) groups excluding carboxylic acids is 1. The van der Waals surface area contributed by atoms with Crippen molar-refractivity contribution in [1.29, 1.82) is 0 Å². The van der Waals surface area contributed by atoms with E-state index in [9.17, 15) is 4.79 Å². The highest BCUT2D eigenvalue weighted by atomic mass is 127. The van der Waals surface area contributed by atoms with Crippen LogP contribution in [-0.2, 0) is 12.0 Å². The van der Waals surface area contributed by atoms with Crippen molar-refractivity contribution in [2.24, 2.45) is 16.6 Å². The highest BCUT2D eigenvalue weighted by Gasteiger charge is 2.57. The van der Waals surface area contributed by atoms with Gasteiger partial charge in [-0.1, -0.05) is 24.3 Å². The van der Waals surface area contributed by atoms with Crippen LogP contribution in [0.4, 0.5) is 0 Å². The molecular weight excluding hydrogens is 475 g/mol. The summed E-state index contributed by atoms with van der Waals surface area (Å²) in [6.45, 7) is 0.371. The summed E-state index contributed by atoms with van der Waals surface area (Å²) < 4.78 is 3.14. The molecule has 2 aromatic carbocycles. The molecule has 3 aliphatic carbocycles. The Kier molecular flexibility index (Phi) is 3.60. The number of fused-ring (bicyclic) bond motifs is 3. The molecule has 2 N–H and O–H groups in total. The maximum absolute atomic E-state index is 11.9. The van der Waals surface area contributed by atoms with Crippen molar-refractivity contribution in [3.8, 4) is 5.69 Å². The molecular formula is C23H19IN4O. The molecule has 3 saturated carbocycles. The summed E-state index contributed by atoms with van der Waals surface area (Å²) >= 11 is 2.37. The van der Waals surface area contributed by atoms with E-state index >= 15 is 0 Å². The van der Waals surface area contributed by atoms with E-state index < -0.39 is 5.91 Å². The van der Waals surface area contributed by atoms with E-state index in [0.29, 0.717) is 17.7 Å². The number of benzene rings is 2. The maximum atomic E-state index is 11.9. The molecule has 5 nitrogen and oxygen atoms in total. The summed E-state index contributed by atoms with van der Waals surface area (Å²) in [5.74, 6) is 0.411. The number of amides is 1. The third-order valence-corrected chi connectivity index (χ3v) is 7.72. The van der Waals surface area contributed by atoms with Gasteiger partial charge in [-0.15, -0.1) is 0 Å². The van der Waals surface area contributed by atoms with Gasteiger partial charge in [0.15, 0.2) is 5.69 Å². The fourth-order valence-electron chi connectivity index (χ4n) is 5.16. The first-order valence-electron chi connectivity index (χ1n) is 9.86. The van der Waals surface area contributed by atoms with Gasteiger partial charge >= 0.3 is 0 Å². The van der Waals surface area contributed by atoms with E-state index in [0.717, 1.165) is 37.7 Å². The molecule has 1 aliphatic heterocycles. The molecule has 0 unspecified atom stereocenters. The lowest BCUT2D eigenvalue weighted by Gasteiger charge is -2.62. The summed E-state index contributed by atoms with van der Waals surface area (Å²) in [5, 5.41) is 0. The molecule has 3 aromatic rings. The number of hydrogen-bond donors (Lipinski definition) is 1. The summed E-state index contributed by atoms with van der Waals surface area (Å²) in [6.07, 6.45) is 5.62. The molecule has 0 saturated heterocycles. The molecule has 2 bridgehead atoms. The summed E-state index contributed by atoms with van der Waals surface area (Å²) in [6, 6.07) is 15.0. The molecule has 4 aliphatic rings. The first-order chi connectivity index (χ1) is 14.1. The van der Waals surface area contributed by atoms with Crippen LogP contribution in [-0.4, -0.2) is 21.2 Å². The Labute approximate surface area is 182 Å². The van der Waals surface area contributed by atoms with Crippen LogP contribution in [0.25, 0.3) is 5.69 Å². The average molecular weight is 494 g/mol. The lowest BCUT2D eigenvalue weighted by Crippen LogP contribution is -2.55. The van der Waals surface area contributed by atoms with Crippen molar-refractivity contribution < 1.29 is 4.79 Å². The van der Waals surface area contributed by atoms with E-state index in [1.54, 1.807) is 6.33 Å². The van der Waals surface area contributed by atoms with E-state index in [-0.39, 0.29) is 0 Å². The van der Waals surface area contributed by atoms with Crippen LogP contribution in [0.5, 0.6) is 0 Å². The van der Waals surface area contributed by atoms with Gasteiger partial charge in [0.2, 0.25) is 0 Å². The van der Waals surface area contributed by atoms with Crippen LogP contribution in [0.1, 0.15) is 52.1 Å². The Hall–Kier alpha value is -2.48. The normalized spacial score (nSPS) is 23.8. The van der Waals surface area contributed by atoms with Crippen molar-refractivity contribution in [3.63, 3.8) is 0 Å². The zero-order chi connectivity index (χ0) is 19.8. The van der Waals surface area contributed by atoms with Gasteiger partial charge in [0.25, 0.3) is 5.91 Å². The molecule has 0 atom stereocenters. The number of carbonyl (C=O) groups is 1. The van der Waals surface area contributed by atoms with Crippen molar-refractivity contribution in [2.45, 2.75) is 31.2 Å². The maximum Gasteiger partial charge on any atom is 0.269 e. The highest BCUT2D eigenvalue weighted by molar-refractivity contribution is 14.1. The number of nitrogens with two attached hydrogens (primary N) is 1. The van der Waals surface area contributed by atoms with Crippen molar-refractivity contribution in [3.05, 3.63) is 80.4 Å². The number of nitrogens with zero attached hydrogens (tertiary/aromatic N) is 3. The van der Waals surface area contributed by atoms with E-state index in [1.807, 2.05) is 16.7 Å². The number of imidazole rings is 1. The van der Waals surface area contributed by atoms with Gasteiger partial charge < -0.3 is 5.73 Å². The fourth-order valence-corrected chi connectivity index (χ4v) is 5.80. The van der Waals surface area contributed by atoms with Crippen LogP contribution < -0.4 is 5.73 Å². The Bertz CT molecular complexity index is 1210. The summed E-state index contributed by atoms with van der Waals surface area (Å²) in [7, 11) is 0. The second kappa shape index (κ2) is 6.01. The van der Waals surface area contributed by atoms with Gasteiger partial charge in [-0.05, 0) is 76.9 Å². The van der Waals surface area contributed by atoms with E-state index in [2.05, 4.69) is 57.9 Å². The molecule has 1 amide bonds. The SMILES string of the molecule is NC(=O)c1ncn2c1CN=C(c1ccccc1I)c1cc(C34CC(C3)C4)ccc1-2. The zero-order valence-corrected chi connectivity index (χ0v) is 17.9. The quantitative estimate of drug-likeness (QED) is 0.560. The monoisotopic (exact) mass is 494 g/mol. The summed E-state index contributed by atoms with van der Waals surface area (Å²) in [4.78, 5) is 21.2. The van der Waals surface area contributed by atoms with Crippen LogP contribution in [0, 0.1) is 9.49 Å². The minimum Gasteiger partial charge on any atom is -0.364 e. The minimum atomic E-state index is -0.515. The molecule has 144 valence electrons. The van der Waals surface area contributed by atoms with E-state index in [4.69, 9.17) is 10.7 Å². The molecule has 6 heteroatoms. The number of aromatic nitrogens is 2. The van der Waals surface area contributed by atoms with Crippen LogP contribution in [0.15, 0.2) is 53.8 Å². The fraction of sp³-hybridized carbons (Fsp3) is 0.261. The predicted octanol–water partition coefficient (Wildman–Crippen LogP) is 3.98. The Morgan fingerprint density at radius 2 is 1.93 bits per heavy atom. The first kappa shape index (κ1) is 17.4. The molecule has 3 fully saturated rings. The van der Waals surface area contributed by atoms with Gasteiger partial charge in [-0.25, -0.2) is 4.98 Å². The Morgan fingerprint density at radius 3 is 2.62 bits per heavy atom. The number of halogens is 1. The van der Waals surface area contributed by atoms with Crippen molar-refractivity contribution in [2.75, 3.05) is 0 Å². The smallest absolute Gasteiger partial charge is 0.269 e. The number of primary amides is 1. The summed E-state index contributed by atoms with van der Waals surface area (Å²) in [5.41, 5.74) is 12.6. The Morgan fingerprint density at radius 1 is 1.14 bits per heavy atom. The second-order valence-corrected chi connectivity index (χ2v) is 9.57. The van der Waals surface area contributed by atoms with Crippen molar-refractivity contribution >= 4 is 34.2 Å². The lowest BCUT2D eigenvalue weighted by molar-refractivity contribution is -0.0274. The molecule has 7 rings (SSSR count). The number of rotatable bonds is 3. The molecule has 0 spiro atoms. The zero-order valence-electron chi connectivity index (χ0n) is 15.7. The van der Waals surface area contributed by atoms with Gasteiger partial charge in [-0.3, -0.25) is 14.4 Å². The topological polar surface area (TPSA) is 73.3 Å². The van der Waals surface area contributed by atoms with Gasteiger partial charge in [0.05, 0.1) is 23.6 Å². The predicted molar refractivity (Wildman–Crippen MR) is 120 cm³/mol. The molecule has 1 aromatic heterocycles. The third kappa shape index (κ3) is 2.41. The molecule has 29 heavy (non-hydrogen) atoms. The molecule has 2 heterocycles. The van der Waals surface area contributed by atoms with Gasteiger partial charge in [0, 0.05) is 14.7 Å². The third-order valence-electron chi connectivity index (χ3n) is 6.78. The highest BCUT2D eigenvalue weighted by Crippen LogP contribution is 2.65. The number of aliphatic imine (C=N–C) groups is 1. The second-order valence-electron chi connectivity index (χ2n) is 8.41. The average Bonchev–Trinajstić information content (AvgIpc) is 2.98. The lowest BCUT2D eigenvalue weighted by atomic mass is 9.42. The molecule has 0 radical (unpaired) electrons. The van der Waals surface area contributed by atoms with Crippen LogP contribution in [0.3, 0.4) is 0 Å². The minimum absolute atomic E-state index is 0.298. The van der Waals surface area contributed by atoms with Crippen LogP contribution in [0.2, 0.25) is 0 Å². The van der Waals surface area contributed by atoms with Crippen molar-refractivity contribution in [1.82, 2.24) is 9.55 Å². The van der Waals surface area contributed by atoms with E-state index in [1.165, 1.54) is 24.8 Å². The Balaban J connectivity index is 1.59. The van der Waals surface area contributed by atoms with Gasteiger partial charge in [0.1, 0.15) is 6.33 Å². The largest absolute Gasteiger partial charge is 0.364 e.